The van der Waals surface area contributed by atoms with E-state index in [1.54, 1.807) is 37.4 Å². The maximum Gasteiger partial charge on any atom is 0.260 e. The molecule has 1 amide bonds. The number of halogens is 1. The molecule has 1 atom stereocenters. The Balaban J connectivity index is 1.43. The summed E-state index contributed by atoms with van der Waals surface area (Å²) in [7, 11) is 1.54. The van der Waals surface area contributed by atoms with E-state index in [0.29, 0.717) is 22.0 Å². The average molecular weight is 465 g/mol. The molecule has 0 saturated carbocycles. The topological polar surface area (TPSA) is 59.6 Å². The van der Waals surface area contributed by atoms with Crippen LogP contribution in [0.3, 0.4) is 0 Å². The number of methoxy groups -OCH3 is 1. The highest BCUT2D eigenvalue weighted by atomic mass is 32.2. The largest absolute Gasteiger partial charge is 0.493 e. The number of carbonyl (C=O) groups excluding carboxylic acids is 1. The fourth-order valence-electron chi connectivity index (χ4n) is 3.37. The third-order valence-electron chi connectivity index (χ3n) is 5.22. The highest BCUT2D eigenvalue weighted by Gasteiger charge is 2.27. The molecule has 33 heavy (non-hydrogen) atoms. The summed E-state index contributed by atoms with van der Waals surface area (Å²) in [6.45, 7) is 2.21. The lowest BCUT2D eigenvalue weighted by Crippen LogP contribution is -2.30. The van der Waals surface area contributed by atoms with Gasteiger partial charge in [0.25, 0.3) is 5.91 Å². The monoisotopic (exact) mass is 464 g/mol. The van der Waals surface area contributed by atoms with Crippen molar-refractivity contribution in [3.63, 3.8) is 0 Å². The number of nitrogens with one attached hydrogen (secondary N) is 2. The van der Waals surface area contributed by atoms with Gasteiger partial charge >= 0.3 is 0 Å². The minimum Gasteiger partial charge on any atom is -0.493 e. The summed E-state index contributed by atoms with van der Waals surface area (Å²) in [5.41, 5.74) is 3.23. The van der Waals surface area contributed by atoms with E-state index >= 15 is 0 Å². The van der Waals surface area contributed by atoms with Crippen molar-refractivity contribution < 1.29 is 18.7 Å². The van der Waals surface area contributed by atoms with Gasteiger partial charge < -0.3 is 20.1 Å². The van der Waals surface area contributed by atoms with Crippen LogP contribution in [-0.2, 0) is 17.8 Å². The maximum atomic E-state index is 13.8. The Bertz CT molecular complexity index is 1160. The molecular weight excluding hydrogens is 439 g/mol. The van der Waals surface area contributed by atoms with Crippen LogP contribution in [0.25, 0.3) is 6.08 Å². The smallest absolute Gasteiger partial charge is 0.260 e. The van der Waals surface area contributed by atoms with E-state index in [-0.39, 0.29) is 23.8 Å². The van der Waals surface area contributed by atoms with Crippen LogP contribution in [0.2, 0.25) is 0 Å². The summed E-state index contributed by atoms with van der Waals surface area (Å²) in [5.74, 6) is 0.560. The van der Waals surface area contributed by atoms with Crippen LogP contribution < -0.4 is 20.1 Å². The molecule has 1 saturated heterocycles. The first-order chi connectivity index (χ1) is 16.1. The van der Waals surface area contributed by atoms with Crippen molar-refractivity contribution in [1.29, 1.82) is 0 Å². The Morgan fingerprint density at radius 2 is 1.88 bits per heavy atom. The Morgan fingerprint density at radius 3 is 2.61 bits per heavy atom. The standard InChI is InChI=1S/C26H25FN2O3S/c1-3-17-8-11-20(12-9-17)28-26-29-25(30)24(33-26)15-18-10-13-22(23(14-18)31-2)32-16-19-6-4-5-7-21(19)27/h4-15,26,28H,3,16H2,1-2H3,(H,29,30)/b24-15-/t26-/m1/s1. The lowest BCUT2D eigenvalue weighted by atomic mass is 10.1. The van der Waals surface area contributed by atoms with Gasteiger partial charge in [0.15, 0.2) is 17.0 Å². The first kappa shape index (κ1) is 22.7. The number of benzene rings is 3. The second kappa shape index (κ2) is 10.4. The summed E-state index contributed by atoms with van der Waals surface area (Å²) < 4.78 is 25.0. The van der Waals surface area contributed by atoms with Crippen LogP contribution >= 0.6 is 11.8 Å². The number of aryl methyl sites for hydroxylation is 1. The van der Waals surface area contributed by atoms with Crippen molar-refractivity contribution >= 4 is 29.4 Å². The normalized spacial score (nSPS) is 16.5. The molecule has 4 rings (SSSR count). The van der Waals surface area contributed by atoms with E-state index in [0.717, 1.165) is 17.7 Å². The van der Waals surface area contributed by atoms with Crippen molar-refractivity contribution in [2.45, 2.75) is 25.4 Å². The van der Waals surface area contributed by atoms with Crippen LogP contribution in [0.5, 0.6) is 11.5 Å². The van der Waals surface area contributed by atoms with Gasteiger partial charge in [-0.1, -0.05) is 55.1 Å². The third kappa shape index (κ3) is 5.68. The molecule has 5 nitrogen and oxygen atoms in total. The van der Waals surface area contributed by atoms with Gasteiger partial charge in [-0.05, 0) is 54.0 Å². The van der Waals surface area contributed by atoms with Gasteiger partial charge in [0.05, 0.1) is 12.0 Å². The molecule has 1 fully saturated rings. The number of amides is 1. The van der Waals surface area contributed by atoms with E-state index in [1.807, 2.05) is 24.3 Å². The molecule has 0 unspecified atom stereocenters. The number of carbonyl (C=O) groups is 1. The molecule has 7 heteroatoms. The SMILES string of the molecule is CCc1ccc(N[C@@H]2NC(=O)/C(=C/c3ccc(OCc4ccccc4F)c(OC)c3)S2)cc1. The summed E-state index contributed by atoms with van der Waals surface area (Å²) >= 11 is 1.42. The van der Waals surface area contributed by atoms with Gasteiger partial charge in [0.1, 0.15) is 12.4 Å². The minimum atomic E-state index is -0.313. The van der Waals surface area contributed by atoms with E-state index in [2.05, 4.69) is 29.7 Å². The average Bonchev–Trinajstić information content (AvgIpc) is 3.17. The van der Waals surface area contributed by atoms with Crippen molar-refractivity contribution in [3.05, 3.63) is 94.1 Å². The Labute approximate surface area is 197 Å². The van der Waals surface area contributed by atoms with Gasteiger partial charge in [-0.3, -0.25) is 4.79 Å². The van der Waals surface area contributed by atoms with E-state index in [1.165, 1.54) is 23.4 Å². The summed E-state index contributed by atoms with van der Waals surface area (Å²) in [4.78, 5) is 13.1. The molecule has 1 aliphatic rings. The van der Waals surface area contributed by atoms with Gasteiger partial charge in [0.2, 0.25) is 0 Å². The zero-order valence-electron chi connectivity index (χ0n) is 18.4. The zero-order valence-corrected chi connectivity index (χ0v) is 19.2. The van der Waals surface area contributed by atoms with Gasteiger partial charge in [-0.25, -0.2) is 4.39 Å². The third-order valence-corrected chi connectivity index (χ3v) is 6.25. The molecule has 1 heterocycles. The zero-order chi connectivity index (χ0) is 23.2. The molecule has 2 N–H and O–H groups in total. The first-order valence-electron chi connectivity index (χ1n) is 10.6. The highest BCUT2D eigenvalue weighted by molar-refractivity contribution is 8.05. The Morgan fingerprint density at radius 1 is 1.09 bits per heavy atom. The second-order valence-electron chi connectivity index (χ2n) is 7.47. The molecule has 0 radical (unpaired) electrons. The molecule has 0 aromatic heterocycles. The number of hydrogen-bond acceptors (Lipinski definition) is 5. The number of rotatable bonds is 8. The Kier molecular flexibility index (Phi) is 7.19. The Hall–Kier alpha value is -3.45. The van der Waals surface area contributed by atoms with Gasteiger partial charge in [-0.2, -0.15) is 0 Å². The number of anilines is 1. The van der Waals surface area contributed by atoms with E-state index in [9.17, 15) is 9.18 Å². The minimum absolute atomic E-state index is 0.0916. The second-order valence-corrected chi connectivity index (χ2v) is 8.61. The molecular formula is C26H25FN2O3S. The van der Waals surface area contributed by atoms with Crippen LogP contribution in [0.1, 0.15) is 23.6 Å². The highest BCUT2D eigenvalue weighted by Crippen LogP contribution is 2.33. The fraction of sp³-hybridized carbons (Fsp3) is 0.192. The van der Waals surface area contributed by atoms with Crippen LogP contribution in [0.15, 0.2) is 71.6 Å². The lowest BCUT2D eigenvalue weighted by molar-refractivity contribution is -0.116. The van der Waals surface area contributed by atoms with Gasteiger partial charge in [-0.15, -0.1) is 0 Å². The van der Waals surface area contributed by atoms with Gasteiger partial charge in [0, 0.05) is 11.3 Å². The molecule has 0 bridgehead atoms. The molecule has 0 aliphatic carbocycles. The van der Waals surface area contributed by atoms with Crippen molar-refractivity contribution in [2.75, 3.05) is 12.4 Å². The number of ether oxygens (including phenoxy) is 2. The molecule has 3 aromatic carbocycles. The molecule has 170 valence electrons. The predicted octanol–water partition coefficient (Wildman–Crippen LogP) is 5.58. The van der Waals surface area contributed by atoms with Crippen LogP contribution in [0, 0.1) is 5.82 Å². The van der Waals surface area contributed by atoms with Crippen molar-refractivity contribution in [1.82, 2.24) is 5.32 Å². The van der Waals surface area contributed by atoms with Crippen molar-refractivity contribution in [3.8, 4) is 11.5 Å². The molecule has 3 aromatic rings. The van der Waals surface area contributed by atoms with E-state index in [4.69, 9.17) is 9.47 Å². The molecule has 1 aliphatic heterocycles. The molecule has 0 spiro atoms. The lowest BCUT2D eigenvalue weighted by Gasteiger charge is -2.13. The maximum absolute atomic E-state index is 13.8. The van der Waals surface area contributed by atoms with Crippen molar-refractivity contribution in [2.24, 2.45) is 0 Å². The first-order valence-corrected chi connectivity index (χ1v) is 11.5. The number of hydrogen-bond donors (Lipinski definition) is 2. The fourth-order valence-corrected chi connectivity index (χ4v) is 4.35. The van der Waals surface area contributed by atoms with Crippen LogP contribution in [-0.4, -0.2) is 18.5 Å². The summed E-state index contributed by atoms with van der Waals surface area (Å²) in [6.07, 6.45) is 2.80. The predicted molar refractivity (Wildman–Crippen MR) is 131 cm³/mol. The van der Waals surface area contributed by atoms with Crippen LogP contribution in [0.4, 0.5) is 10.1 Å². The van der Waals surface area contributed by atoms with E-state index < -0.39 is 0 Å². The number of thioether (sulfide) groups is 1. The summed E-state index contributed by atoms with van der Waals surface area (Å²) in [6, 6.07) is 20.0. The summed E-state index contributed by atoms with van der Waals surface area (Å²) in [5, 5.41) is 6.26. The quantitative estimate of drug-likeness (QED) is 0.427.